The van der Waals surface area contributed by atoms with Crippen LogP contribution in [0.15, 0.2) is 42.5 Å². The molecule has 2 heterocycles. The van der Waals surface area contributed by atoms with Gasteiger partial charge in [0.1, 0.15) is 17.7 Å². The lowest BCUT2D eigenvalue weighted by Gasteiger charge is -2.10. The Morgan fingerprint density at radius 2 is 1.86 bits per heavy atom. The monoisotopic (exact) mass is 383 g/mol. The fourth-order valence-corrected chi connectivity index (χ4v) is 3.58. The second-order valence-corrected chi connectivity index (χ2v) is 6.88. The van der Waals surface area contributed by atoms with Gasteiger partial charge in [0.2, 0.25) is 11.8 Å². The van der Waals surface area contributed by atoms with Crippen molar-refractivity contribution in [1.29, 1.82) is 0 Å². The van der Waals surface area contributed by atoms with Gasteiger partial charge in [0, 0.05) is 29.6 Å². The number of carbonyl (C=O) groups is 2. The van der Waals surface area contributed by atoms with Gasteiger partial charge in [-0.2, -0.15) is 0 Å². The predicted octanol–water partition coefficient (Wildman–Crippen LogP) is 3.05. The molecule has 1 unspecified atom stereocenters. The van der Waals surface area contributed by atoms with E-state index < -0.39 is 6.04 Å². The molecule has 2 aromatic carbocycles. The van der Waals surface area contributed by atoms with Crippen LogP contribution in [0.5, 0.6) is 0 Å². The Labute approximate surface area is 160 Å². The van der Waals surface area contributed by atoms with E-state index in [2.05, 4.69) is 15.6 Å². The van der Waals surface area contributed by atoms with Crippen LogP contribution in [0.1, 0.15) is 18.4 Å². The molecule has 3 N–H and O–H groups in total. The number of halogens is 2. The summed E-state index contributed by atoms with van der Waals surface area (Å²) in [7, 11) is 0. The maximum absolute atomic E-state index is 13.8. The third-order valence-electron chi connectivity index (χ3n) is 4.99. The fourth-order valence-electron chi connectivity index (χ4n) is 3.58. The van der Waals surface area contributed by atoms with E-state index >= 15 is 0 Å². The molecule has 1 aromatic heterocycles. The van der Waals surface area contributed by atoms with Crippen molar-refractivity contribution in [3.8, 4) is 11.3 Å². The van der Waals surface area contributed by atoms with E-state index in [1.54, 1.807) is 18.2 Å². The number of benzene rings is 2. The number of aromatic nitrogens is 1. The first-order valence-electron chi connectivity index (χ1n) is 9.14. The molecule has 0 spiro atoms. The summed E-state index contributed by atoms with van der Waals surface area (Å²) in [4.78, 5) is 27.2. The van der Waals surface area contributed by atoms with E-state index in [4.69, 9.17) is 0 Å². The maximum atomic E-state index is 13.8. The summed E-state index contributed by atoms with van der Waals surface area (Å²) in [5.41, 5.74) is 3.01. The molecule has 1 aliphatic rings. The molecule has 1 fully saturated rings. The first-order chi connectivity index (χ1) is 13.5. The van der Waals surface area contributed by atoms with Crippen LogP contribution in [0.2, 0.25) is 0 Å². The number of aromatic amines is 1. The summed E-state index contributed by atoms with van der Waals surface area (Å²) >= 11 is 0. The molecule has 1 aliphatic heterocycles. The third-order valence-corrected chi connectivity index (χ3v) is 4.99. The Morgan fingerprint density at radius 3 is 2.57 bits per heavy atom. The summed E-state index contributed by atoms with van der Waals surface area (Å²) in [6.07, 6.45) is 1.08. The Bertz CT molecular complexity index is 1040. The average Bonchev–Trinajstić information content (AvgIpc) is 3.24. The minimum Gasteiger partial charge on any atom is -0.354 e. The highest BCUT2D eigenvalue weighted by atomic mass is 19.1. The fraction of sp³-hybridized carbons (Fsp3) is 0.238. The molecule has 28 heavy (non-hydrogen) atoms. The number of hydrogen-bond donors (Lipinski definition) is 3. The molecule has 0 bridgehead atoms. The number of carbonyl (C=O) groups excluding carboxylic acids is 2. The van der Waals surface area contributed by atoms with Crippen LogP contribution in [-0.4, -0.2) is 29.4 Å². The van der Waals surface area contributed by atoms with Crippen LogP contribution >= 0.6 is 0 Å². The van der Waals surface area contributed by atoms with Crippen molar-refractivity contribution in [3.63, 3.8) is 0 Å². The predicted molar refractivity (Wildman–Crippen MR) is 102 cm³/mol. The van der Waals surface area contributed by atoms with Gasteiger partial charge in [-0.15, -0.1) is 0 Å². The first-order valence-corrected chi connectivity index (χ1v) is 9.14. The van der Waals surface area contributed by atoms with Crippen molar-refractivity contribution in [2.75, 3.05) is 6.54 Å². The number of hydrogen-bond acceptors (Lipinski definition) is 2. The lowest BCUT2D eigenvalue weighted by atomic mass is 10.0. The Hall–Kier alpha value is -3.22. The highest BCUT2D eigenvalue weighted by Gasteiger charge is 2.25. The van der Waals surface area contributed by atoms with Crippen LogP contribution < -0.4 is 10.6 Å². The topological polar surface area (TPSA) is 74.0 Å². The third kappa shape index (κ3) is 3.60. The van der Waals surface area contributed by atoms with E-state index in [1.807, 2.05) is 0 Å². The molecule has 3 aromatic rings. The zero-order chi connectivity index (χ0) is 19.7. The highest BCUT2D eigenvalue weighted by Crippen LogP contribution is 2.32. The van der Waals surface area contributed by atoms with Crippen molar-refractivity contribution < 1.29 is 18.4 Å². The molecule has 0 aliphatic carbocycles. The van der Waals surface area contributed by atoms with E-state index in [1.165, 1.54) is 24.3 Å². The molecule has 7 heteroatoms. The Kier molecular flexibility index (Phi) is 4.81. The van der Waals surface area contributed by atoms with E-state index in [-0.39, 0.29) is 29.9 Å². The number of H-pyrrole nitrogens is 1. The van der Waals surface area contributed by atoms with Gasteiger partial charge in [-0.1, -0.05) is 0 Å². The lowest BCUT2D eigenvalue weighted by molar-refractivity contribution is -0.127. The Morgan fingerprint density at radius 1 is 1.11 bits per heavy atom. The van der Waals surface area contributed by atoms with Crippen molar-refractivity contribution in [2.24, 2.45) is 0 Å². The maximum Gasteiger partial charge on any atom is 0.242 e. The summed E-state index contributed by atoms with van der Waals surface area (Å²) in [6, 6.07) is 9.94. The smallest absolute Gasteiger partial charge is 0.242 e. The zero-order valence-electron chi connectivity index (χ0n) is 15.0. The van der Waals surface area contributed by atoms with Gasteiger partial charge < -0.3 is 15.6 Å². The van der Waals surface area contributed by atoms with Gasteiger partial charge in [-0.25, -0.2) is 8.78 Å². The van der Waals surface area contributed by atoms with Crippen LogP contribution in [-0.2, 0) is 16.0 Å². The van der Waals surface area contributed by atoms with Gasteiger partial charge >= 0.3 is 0 Å². The summed E-state index contributed by atoms with van der Waals surface area (Å²) < 4.78 is 27.1. The number of nitrogens with one attached hydrogen (secondary N) is 3. The number of aryl methyl sites for hydroxylation is 1. The number of fused-ring (bicyclic) bond motifs is 1. The van der Waals surface area contributed by atoms with Crippen LogP contribution in [0.4, 0.5) is 8.78 Å². The minimum absolute atomic E-state index is 0.154. The largest absolute Gasteiger partial charge is 0.354 e. The first kappa shape index (κ1) is 18.2. The second-order valence-electron chi connectivity index (χ2n) is 6.88. The summed E-state index contributed by atoms with van der Waals surface area (Å²) in [6.45, 7) is 0.556. The molecule has 5 nitrogen and oxygen atoms in total. The average molecular weight is 383 g/mol. The molecular weight excluding hydrogens is 364 g/mol. The minimum atomic E-state index is -0.496. The number of amides is 2. The lowest BCUT2D eigenvalue weighted by Crippen LogP contribution is -2.40. The normalized spacial score (nSPS) is 16.4. The molecule has 4 rings (SSSR count). The summed E-state index contributed by atoms with van der Waals surface area (Å²) in [5.74, 6) is -1.13. The van der Waals surface area contributed by atoms with Crippen molar-refractivity contribution >= 4 is 22.7 Å². The van der Waals surface area contributed by atoms with Gasteiger partial charge in [0.25, 0.3) is 0 Å². The second kappa shape index (κ2) is 7.42. The van der Waals surface area contributed by atoms with Gasteiger partial charge in [-0.05, 0) is 66.4 Å². The van der Waals surface area contributed by atoms with E-state index in [0.717, 1.165) is 22.3 Å². The zero-order valence-corrected chi connectivity index (χ0v) is 15.0. The van der Waals surface area contributed by atoms with Crippen molar-refractivity contribution in [2.45, 2.75) is 25.3 Å². The van der Waals surface area contributed by atoms with Crippen LogP contribution in [0, 0.1) is 11.6 Å². The highest BCUT2D eigenvalue weighted by molar-refractivity contribution is 5.92. The van der Waals surface area contributed by atoms with E-state index in [9.17, 15) is 18.4 Å². The van der Waals surface area contributed by atoms with Crippen LogP contribution in [0.3, 0.4) is 0 Å². The molecule has 2 amide bonds. The molecule has 0 saturated carbocycles. The van der Waals surface area contributed by atoms with Gasteiger partial charge in [0.15, 0.2) is 0 Å². The molecule has 0 radical (unpaired) electrons. The number of rotatable bonds is 5. The van der Waals surface area contributed by atoms with Gasteiger partial charge in [-0.3, -0.25) is 9.59 Å². The molecule has 1 saturated heterocycles. The SMILES string of the molecule is O=C(CCc1c(-c2ccc(F)cc2)[nH]c2ccc(F)cc12)NC1CCNC1=O. The van der Waals surface area contributed by atoms with Gasteiger partial charge in [0.05, 0.1) is 0 Å². The van der Waals surface area contributed by atoms with Crippen molar-refractivity contribution in [1.82, 2.24) is 15.6 Å². The quantitative estimate of drug-likeness (QED) is 0.634. The standard InChI is InChI=1S/C21H19F2N3O2/c22-13-3-1-12(2-4-13)20-15(16-11-14(23)5-7-17(16)26-20)6-8-19(27)25-18-9-10-24-21(18)28/h1-5,7,11,18,26H,6,8-10H2,(H,24,28)(H,25,27). The molecular formula is C21H19F2N3O2. The Balaban J connectivity index is 1.61. The molecule has 144 valence electrons. The molecule has 1 atom stereocenters. The van der Waals surface area contributed by atoms with E-state index in [0.29, 0.717) is 24.8 Å². The summed E-state index contributed by atoms with van der Waals surface area (Å²) in [5, 5.41) is 6.10. The van der Waals surface area contributed by atoms with Crippen molar-refractivity contribution in [3.05, 3.63) is 59.7 Å². The van der Waals surface area contributed by atoms with Crippen LogP contribution in [0.25, 0.3) is 22.2 Å².